The molecule has 16 heavy (non-hydrogen) atoms. The number of carbonyl (C=O) groups excluding carboxylic acids is 1. The van der Waals surface area contributed by atoms with Crippen molar-refractivity contribution in [2.45, 2.75) is 64.3 Å². The van der Waals surface area contributed by atoms with Crippen LogP contribution in [-0.2, 0) is 4.79 Å². The van der Waals surface area contributed by atoms with Crippen molar-refractivity contribution < 1.29 is 4.79 Å². The molecule has 1 saturated carbocycles. The van der Waals surface area contributed by atoms with Crippen LogP contribution in [0.2, 0.25) is 0 Å². The van der Waals surface area contributed by atoms with E-state index in [1.54, 1.807) is 0 Å². The molecule has 3 nitrogen and oxygen atoms in total. The Bertz CT molecular complexity index is 206. The summed E-state index contributed by atoms with van der Waals surface area (Å²) in [4.78, 5) is 11.5. The van der Waals surface area contributed by atoms with Gasteiger partial charge in [0.1, 0.15) is 0 Å². The minimum absolute atomic E-state index is 0.247. The number of rotatable bonds is 9. The average Bonchev–Trinajstić information content (AvgIpc) is 2.97. The van der Waals surface area contributed by atoms with Gasteiger partial charge < -0.3 is 11.1 Å². The summed E-state index contributed by atoms with van der Waals surface area (Å²) in [6.07, 6.45) is 8.78. The zero-order valence-electron chi connectivity index (χ0n) is 10.5. The van der Waals surface area contributed by atoms with Crippen LogP contribution >= 0.6 is 0 Å². The first-order valence-corrected chi connectivity index (χ1v) is 6.77. The normalized spacial score (nSPS) is 23.1. The maximum Gasteiger partial charge on any atom is 0.220 e. The quantitative estimate of drug-likeness (QED) is 0.592. The molecule has 1 aliphatic rings. The number of hydrogen-bond acceptors (Lipinski definition) is 2. The first-order chi connectivity index (χ1) is 7.77. The lowest BCUT2D eigenvalue weighted by molar-refractivity contribution is -0.121. The fourth-order valence-corrected chi connectivity index (χ4v) is 2.18. The molecule has 0 bridgehead atoms. The van der Waals surface area contributed by atoms with Gasteiger partial charge in [0.15, 0.2) is 0 Å². The van der Waals surface area contributed by atoms with E-state index in [1.165, 1.54) is 19.3 Å². The third-order valence-electron chi connectivity index (χ3n) is 3.29. The summed E-state index contributed by atoms with van der Waals surface area (Å²) in [5.41, 5.74) is 5.41. The van der Waals surface area contributed by atoms with Crippen LogP contribution in [0.1, 0.15) is 58.3 Å². The SMILES string of the molecule is CCCC1CC1NC(=O)CCCCCCN. The van der Waals surface area contributed by atoms with E-state index >= 15 is 0 Å². The van der Waals surface area contributed by atoms with Gasteiger partial charge in [-0.15, -0.1) is 0 Å². The van der Waals surface area contributed by atoms with E-state index in [-0.39, 0.29) is 5.91 Å². The summed E-state index contributed by atoms with van der Waals surface area (Å²) in [5, 5.41) is 3.12. The van der Waals surface area contributed by atoms with Gasteiger partial charge in [0.25, 0.3) is 0 Å². The Morgan fingerprint density at radius 1 is 1.31 bits per heavy atom. The van der Waals surface area contributed by atoms with Crippen LogP contribution in [0.5, 0.6) is 0 Å². The highest BCUT2D eigenvalue weighted by Gasteiger charge is 2.36. The zero-order valence-corrected chi connectivity index (χ0v) is 10.5. The van der Waals surface area contributed by atoms with Crippen molar-refractivity contribution in [3.63, 3.8) is 0 Å². The van der Waals surface area contributed by atoms with Gasteiger partial charge in [-0.1, -0.05) is 26.2 Å². The molecular formula is C13H26N2O. The lowest BCUT2D eigenvalue weighted by atomic mass is 10.1. The van der Waals surface area contributed by atoms with Crippen molar-refractivity contribution in [2.24, 2.45) is 11.7 Å². The Hall–Kier alpha value is -0.570. The van der Waals surface area contributed by atoms with Crippen LogP contribution in [0.25, 0.3) is 0 Å². The Balaban J connectivity index is 1.92. The van der Waals surface area contributed by atoms with Crippen molar-refractivity contribution in [3.05, 3.63) is 0 Å². The summed E-state index contributed by atoms with van der Waals surface area (Å²) < 4.78 is 0. The van der Waals surface area contributed by atoms with Crippen molar-refractivity contribution in [1.29, 1.82) is 0 Å². The third-order valence-corrected chi connectivity index (χ3v) is 3.29. The van der Waals surface area contributed by atoms with Crippen molar-refractivity contribution in [2.75, 3.05) is 6.54 Å². The van der Waals surface area contributed by atoms with E-state index in [1.807, 2.05) is 0 Å². The molecule has 0 spiro atoms. The van der Waals surface area contributed by atoms with Crippen LogP contribution in [0.3, 0.4) is 0 Å². The van der Waals surface area contributed by atoms with Crippen molar-refractivity contribution in [3.8, 4) is 0 Å². The number of nitrogens with one attached hydrogen (secondary N) is 1. The lowest BCUT2D eigenvalue weighted by Gasteiger charge is -2.04. The maximum atomic E-state index is 11.5. The summed E-state index contributed by atoms with van der Waals surface area (Å²) in [5.74, 6) is 1.02. The summed E-state index contributed by atoms with van der Waals surface area (Å²) in [6.45, 7) is 2.97. The Labute approximate surface area is 99.2 Å². The van der Waals surface area contributed by atoms with E-state index in [2.05, 4.69) is 12.2 Å². The maximum absolute atomic E-state index is 11.5. The van der Waals surface area contributed by atoms with Gasteiger partial charge >= 0.3 is 0 Å². The Kier molecular flexibility index (Phi) is 6.46. The van der Waals surface area contributed by atoms with Crippen molar-refractivity contribution >= 4 is 5.91 Å². The minimum atomic E-state index is 0.247. The third kappa shape index (κ3) is 5.50. The highest BCUT2D eigenvalue weighted by Crippen LogP contribution is 2.34. The molecule has 0 aromatic carbocycles. The van der Waals surface area contributed by atoms with Gasteiger partial charge in [-0.25, -0.2) is 0 Å². The fraction of sp³-hybridized carbons (Fsp3) is 0.923. The molecule has 0 radical (unpaired) electrons. The van der Waals surface area contributed by atoms with E-state index < -0.39 is 0 Å². The van der Waals surface area contributed by atoms with Crippen LogP contribution in [-0.4, -0.2) is 18.5 Å². The molecule has 0 aromatic heterocycles. The molecule has 1 rings (SSSR count). The molecule has 2 unspecified atom stereocenters. The van der Waals surface area contributed by atoms with E-state index in [4.69, 9.17) is 5.73 Å². The first-order valence-electron chi connectivity index (χ1n) is 6.77. The molecule has 0 aromatic rings. The standard InChI is InChI=1S/C13H26N2O/c1-2-7-11-10-12(11)15-13(16)8-5-3-4-6-9-14/h11-12H,2-10,14H2,1H3,(H,15,16). The molecule has 1 aliphatic carbocycles. The first kappa shape index (κ1) is 13.5. The minimum Gasteiger partial charge on any atom is -0.353 e. The van der Waals surface area contributed by atoms with E-state index in [0.717, 1.165) is 38.1 Å². The highest BCUT2D eigenvalue weighted by atomic mass is 16.1. The topological polar surface area (TPSA) is 55.1 Å². The van der Waals surface area contributed by atoms with E-state index in [0.29, 0.717) is 12.5 Å². The van der Waals surface area contributed by atoms with Gasteiger partial charge in [-0.05, 0) is 38.1 Å². The molecule has 3 N–H and O–H groups in total. The fourth-order valence-electron chi connectivity index (χ4n) is 2.18. The van der Waals surface area contributed by atoms with Crippen LogP contribution in [0.15, 0.2) is 0 Å². The molecule has 94 valence electrons. The van der Waals surface area contributed by atoms with Gasteiger partial charge in [-0.2, -0.15) is 0 Å². The molecule has 1 amide bonds. The van der Waals surface area contributed by atoms with Gasteiger partial charge in [-0.3, -0.25) is 4.79 Å². The number of hydrogen-bond donors (Lipinski definition) is 2. The van der Waals surface area contributed by atoms with Crippen molar-refractivity contribution in [1.82, 2.24) is 5.32 Å². The molecule has 2 atom stereocenters. The van der Waals surface area contributed by atoms with Crippen LogP contribution < -0.4 is 11.1 Å². The summed E-state index contributed by atoms with van der Waals surface area (Å²) >= 11 is 0. The molecule has 0 heterocycles. The predicted molar refractivity (Wildman–Crippen MR) is 67.1 cm³/mol. The van der Waals surface area contributed by atoms with Crippen LogP contribution in [0, 0.1) is 5.92 Å². The molecule has 3 heteroatoms. The van der Waals surface area contributed by atoms with E-state index in [9.17, 15) is 4.79 Å². The largest absolute Gasteiger partial charge is 0.353 e. The highest BCUT2D eigenvalue weighted by molar-refractivity contribution is 5.76. The van der Waals surface area contributed by atoms with Gasteiger partial charge in [0.2, 0.25) is 5.91 Å². The monoisotopic (exact) mass is 226 g/mol. The predicted octanol–water partition coefficient (Wildman–Crippen LogP) is 2.20. The van der Waals surface area contributed by atoms with Gasteiger partial charge in [0, 0.05) is 12.5 Å². The Morgan fingerprint density at radius 3 is 2.75 bits per heavy atom. The number of unbranched alkanes of at least 4 members (excludes halogenated alkanes) is 3. The summed E-state index contributed by atoms with van der Waals surface area (Å²) in [7, 11) is 0. The molecular weight excluding hydrogens is 200 g/mol. The summed E-state index contributed by atoms with van der Waals surface area (Å²) in [6, 6.07) is 0.497. The lowest BCUT2D eigenvalue weighted by Crippen LogP contribution is -2.26. The Morgan fingerprint density at radius 2 is 2.06 bits per heavy atom. The second-order valence-electron chi connectivity index (χ2n) is 4.91. The zero-order chi connectivity index (χ0) is 11.8. The number of amides is 1. The second-order valence-corrected chi connectivity index (χ2v) is 4.91. The average molecular weight is 226 g/mol. The van der Waals surface area contributed by atoms with Crippen LogP contribution in [0.4, 0.5) is 0 Å². The molecule has 0 saturated heterocycles. The smallest absolute Gasteiger partial charge is 0.220 e. The number of nitrogens with two attached hydrogens (primary N) is 1. The second kappa shape index (κ2) is 7.66. The van der Waals surface area contributed by atoms with Gasteiger partial charge in [0.05, 0.1) is 0 Å². The molecule has 1 fully saturated rings. The molecule has 0 aliphatic heterocycles. The number of carbonyl (C=O) groups is 1.